The smallest absolute Gasteiger partial charge is 0.170 e. The van der Waals surface area contributed by atoms with Gasteiger partial charge < -0.3 is 4.74 Å². The second-order valence-corrected chi connectivity index (χ2v) is 5.37. The summed E-state index contributed by atoms with van der Waals surface area (Å²) in [6, 6.07) is 13.9. The van der Waals surface area contributed by atoms with Crippen molar-refractivity contribution in [3.8, 4) is 5.75 Å². The topological polar surface area (TPSA) is 26.3 Å². The Morgan fingerprint density at radius 3 is 2.33 bits per heavy atom. The molecule has 1 unspecified atom stereocenters. The maximum absolute atomic E-state index is 12.9. The fourth-order valence-corrected chi connectivity index (χ4v) is 2.72. The molecule has 1 atom stereocenters. The molecule has 0 radical (unpaired) electrons. The van der Waals surface area contributed by atoms with Gasteiger partial charge in [0.05, 0.1) is 7.11 Å². The van der Waals surface area contributed by atoms with Crippen LogP contribution in [0.5, 0.6) is 5.75 Å². The molecule has 0 aliphatic carbocycles. The first kappa shape index (κ1) is 15.3. The maximum atomic E-state index is 12.9. The molecule has 0 heterocycles. The Balaban J connectivity index is 2.41. The molecule has 0 bridgehead atoms. The monoisotopic (exact) mass is 282 g/mol. The van der Waals surface area contributed by atoms with Crippen LogP contribution in [0, 0.1) is 13.8 Å². The van der Waals surface area contributed by atoms with E-state index in [1.807, 2.05) is 56.3 Å². The number of hydrogen-bond donors (Lipinski definition) is 0. The molecular formula is C19H22O2. The third-order valence-corrected chi connectivity index (χ3v) is 3.93. The molecular weight excluding hydrogens is 260 g/mol. The normalized spacial score (nSPS) is 12.0. The Morgan fingerprint density at radius 1 is 1.10 bits per heavy atom. The van der Waals surface area contributed by atoms with Crippen LogP contribution in [-0.2, 0) is 0 Å². The number of Topliss-reactive ketones (excluding diaryl/α,β-unsaturated/α-hetero) is 1. The Labute approximate surface area is 126 Å². The first-order valence-electron chi connectivity index (χ1n) is 7.32. The summed E-state index contributed by atoms with van der Waals surface area (Å²) < 4.78 is 5.32. The third kappa shape index (κ3) is 3.15. The van der Waals surface area contributed by atoms with Gasteiger partial charge in [0.2, 0.25) is 0 Å². The number of ketones is 1. The van der Waals surface area contributed by atoms with Crippen LogP contribution in [0.15, 0.2) is 42.5 Å². The molecule has 0 amide bonds. The van der Waals surface area contributed by atoms with Crippen molar-refractivity contribution in [2.24, 2.45) is 0 Å². The molecule has 0 saturated heterocycles. The Hall–Kier alpha value is -2.09. The zero-order chi connectivity index (χ0) is 15.4. The minimum Gasteiger partial charge on any atom is -0.496 e. The Bertz CT molecular complexity index is 630. The maximum Gasteiger partial charge on any atom is 0.170 e. The fourth-order valence-electron chi connectivity index (χ4n) is 2.72. The summed E-state index contributed by atoms with van der Waals surface area (Å²) in [6.07, 6.45) is 0.799. The van der Waals surface area contributed by atoms with Crippen LogP contribution in [0.3, 0.4) is 0 Å². The van der Waals surface area contributed by atoms with Crippen LogP contribution in [0.4, 0.5) is 0 Å². The second kappa shape index (κ2) is 6.57. The van der Waals surface area contributed by atoms with Crippen molar-refractivity contribution in [3.63, 3.8) is 0 Å². The summed E-state index contributed by atoms with van der Waals surface area (Å²) >= 11 is 0. The van der Waals surface area contributed by atoms with Crippen molar-refractivity contribution >= 4 is 5.78 Å². The van der Waals surface area contributed by atoms with Crippen molar-refractivity contribution in [2.45, 2.75) is 33.1 Å². The van der Waals surface area contributed by atoms with E-state index in [9.17, 15) is 4.79 Å². The van der Waals surface area contributed by atoms with Crippen LogP contribution >= 0.6 is 0 Å². The summed E-state index contributed by atoms with van der Waals surface area (Å²) in [4.78, 5) is 12.9. The highest BCUT2D eigenvalue weighted by Gasteiger charge is 2.22. The number of carbonyl (C=O) groups excluding carboxylic acids is 1. The molecule has 0 N–H and O–H groups in total. The summed E-state index contributed by atoms with van der Waals surface area (Å²) in [5.74, 6) is 0.932. The van der Waals surface area contributed by atoms with Crippen molar-refractivity contribution in [1.82, 2.24) is 0 Å². The average Bonchev–Trinajstić information content (AvgIpc) is 2.50. The molecule has 0 aliphatic rings. The predicted octanol–water partition coefficient (Wildman–Crippen LogP) is 4.69. The van der Waals surface area contributed by atoms with Gasteiger partial charge in [0.1, 0.15) is 5.75 Å². The molecule has 21 heavy (non-hydrogen) atoms. The lowest BCUT2D eigenvalue weighted by Crippen LogP contribution is -2.14. The van der Waals surface area contributed by atoms with Gasteiger partial charge in [-0.05, 0) is 49.1 Å². The number of carbonyl (C=O) groups is 1. The van der Waals surface area contributed by atoms with E-state index in [-0.39, 0.29) is 11.7 Å². The van der Waals surface area contributed by atoms with E-state index < -0.39 is 0 Å². The molecule has 0 aromatic heterocycles. The number of hydrogen-bond acceptors (Lipinski definition) is 2. The number of methoxy groups -OCH3 is 1. The van der Waals surface area contributed by atoms with Gasteiger partial charge in [-0.15, -0.1) is 0 Å². The van der Waals surface area contributed by atoms with Crippen molar-refractivity contribution < 1.29 is 9.53 Å². The average molecular weight is 282 g/mol. The van der Waals surface area contributed by atoms with E-state index in [2.05, 4.69) is 6.92 Å². The lowest BCUT2D eigenvalue weighted by Gasteiger charge is -2.17. The molecule has 2 nitrogen and oxygen atoms in total. The minimum atomic E-state index is -0.0855. The SMILES string of the molecule is CCC(C(=O)c1cc(C)c(OC)cc1C)c1ccccc1. The molecule has 0 aliphatic heterocycles. The predicted molar refractivity (Wildman–Crippen MR) is 86.3 cm³/mol. The Kier molecular flexibility index (Phi) is 4.79. The van der Waals surface area contributed by atoms with Gasteiger partial charge in [0.15, 0.2) is 5.78 Å². The highest BCUT2D eigenvalue weighted by Crippen LogP contribution is 2.29. The molecule has 2 aromatic carbocycles. The first-order valence-corrected chi connectivity index (χ1v) is 7.32. The molecule has 2 aromatic rings. The van der Waals surface area contributed by atoms with Crippen LogP contribution in [-0.4, -0.2) is 12.9 Å². The standard InChI is InChI=1S/C19H22O2/c1-5-16(15-9-7-6-8-10-15)19(20)17-11-14(3)18(21-4)12-13(17)2/h6-12,16H,5H2,1-4H3. The molecule has 110 valence electrons. The van der Waals surface area contributed by atoms with Crippen LogP contribution in [0.25, 0.3) is 0 Å². The van der Waals surface area contributed by atoms with E-state index >= 15 is 0 Å². The zero-order valence-corrected chi connectivity index (χ0v) is 13.1. The quantitative estimate of drug-likeness (QED) is 0.744. The summed E-state index contributed by atoms with van der Waals surface area (Å²) in [6.45, 7) is 5.99. The zero-order valence-electron chi connectivity index (χ0n) is 13.1. The van der Waals surface area contributed by atoms with E-state index in [0.29, 0.717) is 0 Å². The second-order valence-electron chi connectivity index (χ2n) is 5.37. The molecule has 2 heteroatoms. The minimum absolute atomic E-state index is 0.0855. The van der Waals surface area contributed by atoms with Gasteiger partial charge >= 0.3 is 0 Å². The van der Waals surface area contributed by atoms with E-state index in [1.54, 1.807) is 7.11 Å². The van der Waals surface area contributed by atoms with E-state index in [1.165, 1.54) is 0 Å². The van der Waals surface area contributed by atoms with Crippen molar-refractivity contribution in [2.75, 3.05) is 7.11 Å². The summed E-state index contributed by atoms with van der Waals surface area (Å²) in [5.41, 5.74) is 3.84. The van der Waals surface area contributed by atoms with E-state index in [0.717, 1.165) is 34.4 Å². The van der Waals surface area contributed by atoms with Gasteiger partial charge in [0, 0.05) is 11.5 Å². The molecule has 0 saturated carbocycles. The fraction of sp³-hybridized carbons (Fsp3) is 0.316. The van der Waals surface area contributed by atoms with Crippen LogP contribution in [0.1, 0.15) is 46.3 Å². The summed E-state index contributed by atoms with van der Waals surface area (Å²) in [7, 11) is 1.65. The number of benzene rings is 2. The highest BCUT2D eigenvalue weighted by molar-refractivity contribution is 6.02. The molecule has 0 spiro atoms. The lowest BCUT2D eigenvalue weighted by atomic mass is 9.86. The van der Waals surface area contributed by atoms with E-state index in [4.69, 9.17) is 4.74 Å². The summed E-state index contributed by atoms with van der Waals surface area (Å²) in [5, 5.41) is 0. The van der Waals surface area contributed by atoms with Crippen molar-refractivity contribution in [1.29, 1.82) is 0 Å². The van der Waals surface area contributed by atoms with Gasteiger partial charge in [-0.1, -0.05) is 37.3 Å². The third-order valence-electron chi connectivity index (χ3n) is 3.93. The first-order chi connectivity index (χ1) is 10.1. The van der Waals surface area contributed by atoms with Gasteiger partial charge in [-0.3, -0.25) is 4.79 Å². The number of rotatable bonds is 5. The number of ether oxygens (including phenoxy) is 1. The largest absolute Gasteiger partial charge is 0.496 e. The van der Waals surface area contributed by atoms with Crippen molar-refractivity contribution in [3.05, 3.63) is 64.7 Å². The van der Waals surface area contributed by atoms with Gasteiger partial charge in [0.25, 0.3) is 0 Å². The van der Waals surface area contributed by atoms with Crippen LogP contribution in [0.2, 0.25) is 0 Å². The molecule has 0 fully saturated rings. The number of aryl methyl sites for hydroxylation is 2. The van der Waals surface area contributed by atoms with Gasteiger partial charge in [-0.2, -0.15) is 0 Å². The Morgan fingerprint density at radius 2 is 1.76 bits per heavy atom. The molecule has 2 rings (SSSR count). The van der Waals surface area contributed by atoms with Gasteiger partial charge in [-0.25, -0.2) is 0 Å². The highest BCUT2D eigenvalue weighted by atomic mass is 16.5. The lowest BCUT2D eigenvalue weighted by molar-refractivity contribution is 0.0956. The van der Waals surface area contributed by atoms with Crippen LogP contribution < -0.4 is 4.74 Å².